The van der Waals surface area contributed by atoms with Gasteiger partial charge in [0.15, 0.2) is 0 Å². The van der Waals surface area contributed by atoms with Crippen molar-refractivity contribution in [1.29, 1.82) is 0 Å². The minimum atomic E-state index is -3.71. The number of nitrogens with zero attached hydrogens (tertiary/aromatic N) is 1. The molecule has 1 saturated heterocycles. The predicted octanol–water partition coefficient (Wildman–Crippen LogP) is 3.08. The number of benzene rings is 2. The molecule has 0 radical (unpaired) electrons. The normalized spacial score (nSPS) is 16.4. The smallest absolute Gasteiger partial charge is 0.255 e. The van der Waals surface area contributed by atoms with Crippen molar-refractivity contribution >= 4 is 27.5 Å². The maximum Gasteiger partial charge on any atom is 0.255 e. The van der Waals surface area contributed by atoms with Gasteiger partial charge in [0.25, 0.3) is 5.91 Å². The molecular weight excluding hydrogens is 428 g/mol. The summed E-state index contributed by atoms with van der Waals surface area (Å²) in [6.45, 7) is 1.37. The second-order valence-corrected chi connectivity index (χ2v) is 9.32. The zero-order valence-corrected chi connectivity index (χ0v) is 18.5. The number of hydrogen-bond acceptors (Lipinski definition) is 5. The molecule has 1 fully saturated rings. The fourth-order valence-corrected chi connectivity index (χ4v) is 4.32. The van der Waals surface area contributed by atoms with Crippen LogP contribution in [0.15, 0.2) is 47.4 Å². The van der Waals surface area contributed by atoms with Crippen LogP contribution in [0.2, 0.25) is 5.02 Å². The summed E-state index contributed by atoms with van der Waals surface area (Å²) < 4.78 is 37.6. The van der Waals surface area contributed by atoms with Crippen molar-refractivity contribution < 1.29 is 22.7 Å². The summed E-state index contributed by atoms with van der Waals surface area (Å²) in [5.41, 5.74) is 1.02. The van der Waals surface area contributed by atoms with E-state index >= 15 is 0 Å². The summed E-state index contributed by atoms with van der Waals surface area (Å²) in [7, 11) is -0.805. The van der Waals surface area contributed by atoms with E-state index in [1.165, 1.54) is 25.2 Å². The molecule has 1 aliphatic rings. The Morgan fingerprint density at radius 1 is 1.30 bits per heavy atom. The quantitative estimate of drug-likeness (QED) is 0.665. The number of nitrogens with one attached hydrogen (secondary N) is 1. The van der Waals surface area contributed by atoms with Crippen molar-refractivity contribution in [3.63, 3.8) is 0 Å². The second kappa shape index (κ2) is 9.78. The number of carbonyl (C=O) groups excluding carboxylic acids is 1. The van der Waals surface area contributed by atoms with Crippen LogP contribution in [0.4, 0.5) is 0 Å². The molecule has 2 aromatic carbocycles. The van der Waals surface area contributed by atoms with E-state index in [9.17, 15) is 13.2 Å². The van der Waals surface area contributed by atoms with Crippen LogP contribution in [0.25, 0.3) is 0 Å². The molecule has 0 aliphatic carbocycles. The first-order valence-corrected chi connectivity index (χ1v) is 11.5. The highest BCUT2D eigenvalue weighted by molar-refractivity contribution is 7.89. The fourth-order valence-electron chi connectivity index (χ4n) is 3.37. The van der Waals surface area contributed by atoms with E-state index in [1.807, 2.05) is 24.3 Å². The second-order valence-electron chi connectivity index (χ2n) is 7.02. The third-order valence-electron chi connectivity index (χ3n) is 4.99. The Kier molecular flexibility index (Phi) is 7.36. The van der Waals surface area contributed by atoms with Crippen molar-refractivity contribution in [1.82, 2.24) is 9.62 Å². The topological polar surface area (TPSA) is 84.9 Å². The highest BCUT2D eigenvalue weighted by Gasteiger charge is 2.26. The fraction of sp³-hybridized carbons (Fsp3) is 0.381. The molecule has 30 heavy (non-hydrogen) atoms. The molecule has 9 heteroatoms. The first-order valence-electron chi connectivity index (χ1n) is 9.61. The maximum absolute atomic E-state index is 13.4. The van der Waals surface area contributed by atoms with Crippen molar-refractivity contribution in [3.05, 3.63) is 58.6 Å². The highest BCUT2D eigenvalue weighted by atomic mass is 35.5. The van der Waals surface area contributed by atoms with Gasteiger partial charge in [-0.15, -0.1) is 0 Å². The summed E-state index contributed by atoms with van der Waals surface area (Å²) in [5.74, 6) is 0.337. The van der Waals surface area contributed by atoms with Crippen LogP contribution in [0.5, 0.6) is 5.75 Å². The third kappa shape index (κ3) is 5.31. The molecule has 0 saturated carbocycles. The Morgan fingerprint density at radius 2 is 2.10 bits per heavy atom. The first-order chi connectivity index (χ1) is 14.3. The Balaban J connectivity index is 1.94. The molecule has 162 valence electrons. The molecule has 0 spiro atoms. The summed E-state index contributed by atoms with van der Waals surface area (Å²) in [4.78, 5) is 15.0. The minimum absolute atomic E-state index is 0.0174. The summed E-state index contributed by atoms with van der Waals surface area (Å²) in [5, 5.41) is 0.193. The van der Waals surface area contributed by atoms with E-state index in [2.05, 4.69) is 4.72 Å². The van der Waals surface area contributed by atoms with Gasteiger partial charge in [-0.25, -0.2) is 13.1 Å². The molecule has 1 atom stereocenters. The molecule has 1 amide bonds. The van der Waals surface area contributed by atoms with E-state index in [0.717, 1.165) is 18.4 Å². The molecule has 7 nitrogen and oxygen atoms in total. The molecule has 1 unspecified atom stereocenters. The minimum Gasteiger partial charge on any atom is -0.497 e. The molecule has 1 aliphatic heterocycles. The van der Waals surface area contributed by atoms with Crippen molar-refractivity contribution in [2.75, 3.05) is 27.3 Å². The first kappa shape index (κ1) is 22.6. The van der Waals surface area contributed by atoms with Gasteiger partial charge in [0, 0.05) is 19.7 Å². The molecule has 0 bridgehead atoms. The molecule has 2 aromatic rings. The zero-order valence-electron chi connectivity index (χ0n) is 16.9. The van der Waals surface area contributed by atoms with E-state index in [-0.39, 0.29) is 27.5 Å². The van der Waals surface area contributed by atoms with E-state index in [1.54, 1.807) is 12.0 Å². The van der Waals surface area contributed by atoms with Crippen LogP contribution in [-0.4, -0.2) is 52.6 Å². The van der Waals surface area contributed by atoms with Gasteiger partial charge in [0.1, 0.15) is 5.75 Å². The lowest BCUT2D eigenvalue weighted by molar-refractivity contribution is 0.0507. The van der Waals surface area contributed by atoms with Gasteiger partial charge >= 0.3 is 0 Å². The van der Waals surface area contributed by atoms with Crippen molar-refractivity contribution in [2.45, 2.75) is 30.4 Å². The van der Waals surface area contributed by atoms with Gasteiger partial charge in [-0.1, -0.05) is 23.7 Å². The average Bonchev–Trinajstić information content (AvgIpc) is 3.26. The lowest BCUT2D eigenvalue weighted by atomic mass is 10.1. The van der Waals surface area contributed by atoms with Crippen LogP contribution in [0.3, 0.4) is 0 Å². The number of hydrogen-bond donors (Lipinski definition) is 1. The van der Waals surface area contributed by atoms with Crippen molar-refractivity contribution in [3.8, 4) is 5.75 Å². The Bertz CT molecular complexity index is 1010. The third-order valence-corrected chi connectivity index (χ3v) is 6.73. The van der Waals surface area contributed by atoms with E-state index < -0.39 is 10.0 Å². The van der Waals surface area contributed by atoms with Gasteiger partial charge in [-0.3, -0.25) is 4.79 Å². The molecule has 1 N–H and O–H groups in total. The van der Waals surface area contributed by atoms with E-state index in [0.29, 0.717) is 25.4 Å². The van der Waals surface area contributed by atoms with Crippen LogP contribution in [-0.2, 0) is 21.3 Å². The Hall–Kier alpha value is -2.13. The monoisotopic (exact) mass is 452 g/mol. The molecule has 1 heterocycles. The Labute approximate surface area is 182 Å². The predicted molar refractivity (Wildman–Crippen MR) is 114 cm³/mol. The number of ether oxygens (including phenoxy) is 2. The number of amides is 1. The standard InChI is InChI=1S/C21H25ClN2O5S/c1-23-30(26,27)18-8-9-20(22)19(12-18)21(25)24(14-17-7-4-10-29-17)13-15-5-3-6-16(11-15)28-2/h3,5-6,8-9,11-12,17,23H,4,7,10,13-14H2,1-2H3. The molecule has 0 aromatic heterocycles. The average molecular weight is 453 g/mol. The zero-order chi connectivity index (χ0) is 21.7. The lowest BCUT2D eigenvalue weighted by Gasteiger charge is -2.26. The number of sulfonamides is 1. The summed E-state index contributed by atoms with van der Waals surface area (Å²) in [6.07, 6.45) is 1.74. The largest absolute Gasteiger partial charge is 0.497 e. The highest BCUT2D eigenvalue weighted by Crippen LogP contribution is 2.25. The SMILES string of the molecule is CNS(=O)(=O)c1ccc(Cl)c(C(=O)N(Cc2cccc(OC)c2)CC2CCCO2)c1. The number of carbonyl (C=O) groups is 1. The van der Waals surface area contributed by atoms with Gasteiger partial charge in [-0.2, -0.15) is 0 Å². The number of halogens is 1. The number of rotatable bonds is 8. The van der Waals surface area contributed by atoms with Crippen molar-refractivity contribution in [2.24, 2.45) is 0 Å². The van der Waals surface area contributed by atoms with Crippen LogP contribution < -0.4 is 9.46 Å². The van der Waals surface area contributed by atoms with Crippen LogP contribution >= 0.6 is 11.6 Å². The van der Waals surface area contributed by atoms with E-state index in [4.69, 9.17) is 21.1 Å². The van der Waals surface area contributed by atoms with Gasteiger partial charge in [-0.05, 0) is 55.8 Å². The number of methoxy groups -OCH3 is 1. The summed E-state index contributed by atoms with van der Waals surface area (Å²) in [6, 6.07) is 11.6. The lowest BCUT2D eigenvalue weighted by Crippen LogP contribution is -2.37. The molecular formula is C21H25ClN2O5S. The van der Waals surface area contributed by atoms with Crippen LogP contribution in [0.1, 0.15) is 28.8 Å². The summed E-state index contributed by atoms with van der Waals surface area (Å²) >= 11 is 6.28. The van der Waals surface area contributed by atoms with Gasteiger partial charge in [0.05, 0.1) is 28.7 Å². The maximum atomic E-state index is 13.4. The van der Waals surface area contributed by atoms with Gasteiger partial charge in [0.2, 0.25) is 10.0 Å². The molecule has 3 rings (SSSR count). The Morgan fingerprint density at radius 3 is 2.77 bits per heavy atom. The van der Waals surface area contributed by atoms with Gasteiger partial charge < -0.3 is 14.4 Å². The van der Waals surface area contributed by atoms with Crippen LogP contribution in [0, 0.1) is 0 Å².